The lowest BCUT2D eigenvalue weighted by Crippen LogP contribution is -1.86. The van der Waals surface area contributed by atoms with E-state index in [4.69, 9.17) is 10.2 Å². The van der Waals surface area contributed by atoms with Gasteiger partial charge in [-0.2, -0.15) is 0 Å². The molecule has 0 aliphatic heterocycles. The Kier molecular flexibility index (Phi) is 12.9. The van der Waals surface area contributed by atoms with Crippen LogP contribution in [-0.4, -0.2) is 23.1 Å². The molecule has 0 aromatic carbocycles. The number of nitrogens with one attached hydrogen (secondary N) is 1. The predicted octanol–water partition coefficient (Wildman–Crippen LogP) is -0.104. The SMILES string of the molecule is C[S+](C)[O-].N=C=O. The van der Waals surface area contributed by atoms with Crippen LogP contribution in [0.25, 0.3) is 0 Å². The van der Waals surface area contributed by atoms with Crippen LogP contribution in [-0.2, 0) is 16.0 Å². The highest BCUT2D eigenvalue weighted by molar-refractivity contribution is 7.89. The van der Waals surface area contributed by atoms with Gasteiger partial charge >= 0.3 is 0 Å². The van der Waals surface area contributed by atoms with Gasteiger partial charge in [0.25, 0.3) is 0 Å². The molecule has 42 valence electrons. The van der Waals surface area contributed by atoms with Gasteiger partial charge in [0, 0.05) is 0 Å². The van der Waals surface area contributed by atoms with Crippen molar-refractivity contribution in [2.24, 2.45) is 0 Å². The van der Waals surface area contributed by atoms with E-state index in [2.05, 4.69) is 0 Å². The Morgan fingerprint density at radius 3 is 1.71 bits per heavy atom. The van der Waals surface area contributed by atoms with Gasteiger partial charge in [-0.1, -0.05) is 11.2 Å². The zero-order valence-corrected chi connectivity index (χ0v) is 5.04. The summed E-state index contributed by atoms with van der Waals surface area (Å²) in [5.41, 5.74) is 0. The molecule has 0 aromatic rings. The van der Waals surface area contributed by atoms with E-state index in [1.165, 1.54) is 0 Å². The van der Waals surface area contributed by atoms with E-state index >= 15 is 0 Å². The Morgan fingerprint density at radius 1 is 1.71 bits per heavy atom. The van der Waals surface area contributed by atoms with Crippen molar-refractivity contribution in [3.8, 4) is 0 Å². The summed E-state index contributed by atoms with van der Waals surface area (Å²) in [6.07, 6.45) is 4.03. The van der Waals surface area contributed by atoms with E-state index < -0.39 is 11.2 Å². The Labute approximate surface area is 45.4 Å². The average molecular weight is 121 g/mol. The summed E-state index contributed by atoms with van der Waals surface area (Å²) in [6.45, 7) is 0. The molecule has 0 fully saturated rings. The Hall–Kier alpha value is -0.310. The van der Waals surface area contributed by atoms with Crippen molar-refractivity contribution in [2.75, 3.05) is 12.5 Å². The molecule has 0 heterocycles. The molecule has 0 aliphatic carbocycles. The molecule has 0 saturated heterocycles. The lowest BCUT2D eigenvalue weighted by atomic mass is 11.7. The first kappa shape index (κ1) is 9.85. The molecule has 0 atom stereocenters. The van der Waals surface area contributed by atoms with E-state index in [1.54, 1.807) is 12.5 Å². The smallest absolute Gasteiger partial charge is 0.231 e. The molecule has 1 N–H and O–H groups in total. The van der Waals surface area contributed by atoms with Gasteiger partial charge in [-0.3, -0.25) is 0 Å². The van der Waals surface area contributed by atoms with Crippen molar-refractivity contribution < 1.29 is 9.35 Å². The van der Waals surface area contributed by atoms with Gasteiger partial charge in [0.15, 0.2) is 0 Å². The van der Waals surface area contributed by atoms with E-state index in [9.17, 15) is 4.55 Å². The van der Waals surface area contributed by atoms with Crippen molar-refractivity contribution in [1.29, 1.82) is 5.41 Å². The summed E-state index contributed by atoms with van der Waals surface area (Å²) in [5.74, 6) is 0. The number of carbonyl (C=O) groups excluding carboxylic acids is 1. The van der Waals surface area contributed by atoms with E-state index in [0.29, 0.717) is 0 Å². The molecular formula is C3H7NO2S. The molecular weight excluding hydrogens is 114 g/mol. The molecule has 0 saturated carbocycles. The second-order valence-corrected chi connectivity index (χ2v) is 2.33. The highest BCUT2D eigenvalue weighted by atomic mass is 32.2. The van der Waals surface area contributed by atoms with Crippen molar-refractivity contribution in [1.82, 2.24) is 0 Å². The molecule has 3 nitrogen and oxygen atoms in total. The lowest BCUT2D eigenvalue weighted by molar-refractivity contribution is 0.562. The van der Waals surface area contributed by atoms with Crippen LogP contribution in [0.15, 0.2) is 0 Å². The molecule has 0 amide bonds. The number of isocyanates is 1. The van der Waals surface area contributed by atoms with Crippen molar-refractivity contribution in [3.05, 3.63) is 0 Å². The van der Waals surface area contributed by atoms with Crippen LogP contribution < -0.4 is 0 Å². The van der Waals surface area contributed by atoms with E-state index in [0.717, 1.165) is 6.08 Å². The molecule has 0 aromatic heterocycles. The molecule has 0 spiro atoms. The quantitative estimate of drug-likeness (QED) is 0.276. The first-order valence-electron chi connectivity index (χ1n) is 1.44. The van der Waals surface area contributed by atoms with Gasteiger partial charge in [-0.25, -0.2) is 10.2 Å². The van der Waals surface area contributed by atoms with Crippen LogP contribution in [0.2, 0.25) is 0 Å². The predicted molar refractivity (Wildman–Crippen MR) is 28.4 cm³/mol. The second-order valence-electron chi connectivity index (χ2n) is 0.844. The minimum Gasteiger partial charge on any atom is -0.617 e. The van der Waals surface area contributed by atoms with Crippen LogP contribution in [0.1, 0.15) is 0 Å². The minimum absolute atomic E-state index is 0.611. The molecule has 4 heteroatoms. The van der Waals surface area contributed by atoms with Crippen LogP contribution in [0.3, 0.4) is 0 Å². The summed E-state index contributed by atoms with van der Waals surface area (Å²) in [7, 11) is 0. The average Bonchev–Trinajstić information content (AvgIpc) is 1.33. The third-order valence-corrected chi connectivity index (χ3v) is 0. The topological polar surface area (TPSA) is 64.0 Å². The second kappa shape index (κ2) is 9.19. The van der Waals surface area contributed by atoms with Crippen molar-refractivity contribution in [2.45, 2.75) is 0 Å². The summed E-state index contributed by atoms with van der Waals surface area (Å²) >= 11 is -0.611. The Bertz CT molecular complexity index is 55.2. The standard InChI is InChI=1S/C2H6OS.CHNO/c1-4(2)3;2-1-3/h1-2H3;2H. The monoisotopic (exact) mass is 121 g/mol. The van der Waals surface area contributed by atoms with Crippen LogP contribution in [0, 0.1) is 5.41 Å². The maximum atomic E-state index is 9.56. The van der Waals surface area contributed by atoms with E-state index in [-0.39, 0.29) is 0 Å². The van der Waals surface area contributed by atoms with Gasteiger partial charge in [-0.15, -0.1) is 0 Å². The van der Waals surface area contributed by atoms with Crippen LogP contribution >= 0.6 is 0 Å². The molecule has 7 heavy (non-hydrogen) atoms. The normalized spacial score (nSPS) is 6.29. The maximum absolute atomic E-state index is 9.56. The zero-order chi connectivity index (χ0) is 6.28. The molecule has 0 rings (SSSR count). The van der Waals surface area contributed by atoms with Crippen molar-refractivity contribution >= 4 is 17.3 Å². The summed E-state index contributed by atoms with van der Waals surface area (Å²) in [6, 6.07) is 0. The van der Waals surface area contributed by atoms with Gasteiger partial charge in [-0.05, 0) is 0 Å². The third kappa shape index (κ3) is 806. The van der Waals surface area contributed by atoms with Crippen LogP contribution in [0.5, 0.6) is 0 Å². The number of hydrogen-bond donors (Lipinski definition) is 1. The third-order valence-electron chi connectivity index (χ3n) is 0. The minimum atomic E-state index is -0.611. The van der Waals surface area contributed by atoms with Crippen LogP contribution in [0.4, 0.5) is 0 Å². The largest absolute Gasteiger partial charge is 0.617 e. The Balaban J connectivity index is 0. The van der Waals surface area contributed by atoms with Gasteiger partial charge in [0.2, 0.25) is 6.08 Å². The lowest BCUT2D eigenvalue weighted by Gasteiger charge is -1.87. The fraction of sp³-hybridized carbons (Fsp3) is 0.667. The Morgan fingerprint density at radius 2 is 1.71 bits per heavy atom. The van der Waals surface area contributed by atoms with Gasteiger partial charge < -0.3 is 4.55 Å². The summed E-state index contributed by atoms with van der Waals surface area (Å²) < 4.78 is 9.56. The number of hydrogen-bond acceptors (Lipinski definition) is 3. The first-order valence-corrected chi connectivity index (χ1v) is 3.40. The van der Waals surface area contributed by atoms with Gasteiger partial charge in [0.05, 0.1) is 12.5 Å². The maximum Gasteiger partial charge on any atom is 0.231 e. The zero-order valence-electron chi connectivity index (χ0n) is 4.22. The molecule has 0 radical (unpaired) electrons. The highest BCUT2D eigenvalue weighted by Gasteiger charge is 1.66. The van der Waals surface area contributed by atoms with E-state index in [1.807, 2.05) is 0 Å². The highest BCUT2D eigenvalue weighted by Crippen LogP contribution is 1.61. The summed E-state index contributed by atoms with van der Waals surface area (Å²) in [5, 5.41) is 5.40. The number of rotatable bonds is 0. The molecule has 0 unspecified atom stereocenters. The van der Waals surface area contributed by atoms with Gasteiger partial charge in [0.1, 0.15) is 0 Å². The summed E-state index contributed by atoms with van der Waals surface area (Å²) in [4.78, 5) is 8.35. The first-order chi connectivity index (χ1) is 3.15. The molecule has 0 aliphatic rings. The van der Waals surface area contributed by atoms with Crippen molar-refractivity contribution in [3.63, 3.8) is 0 Å². The fourth-order valence-electron chi connectivity index (χ4n) is 0. The molecule has 0 bridgehead atoms. The fourth-order valence-corrected chi connectivity index (χ4v) is 0.